The van der Waals surface area contributed by atoms with Crippen LogP contribution in [0.1, 0.15) is 44.9 Å². The van der Waals surface area contributed by atoms with Gasteiger partial charge < -0.3 is 11.1 Å². The zero-order valence-electron chi connectivity index (χ0n) is 10.4. The second-order valence-electron chi connectivity index (χ2n) is 5.41. The Hall–Kier alpha value is -1.57. The van der Waals surface area contributed by atoms with Gasteiger partial charge in [-0.1, -0.05) is 19.3 Å². The fourth-order valence-corrected chi connectivity index (χ4v) is 2.56. The summed E-state index contributed by atoms with van der Waals surface area (Å²) in [6, 6.07) is 2.09. The van der Waals surface area contributed by atoms with Gasteiger partial charge in [-0.05, 0) is 25.7 Å². The Labute approximate surface area is 107 Å². The van der Waals surface area contributed by atoms with Gasteiger partial charge in [0.05, 0.1) is 17.9 Å². The topological polar surface area (TPSA) is 96.0 Å². The smallest absolute Gasteiger partial charge is 0.226 e. The molecule has 1 radical (unpaired) electrons. The molecule has 0 bridgehead atoms. The third kappa shape index (κ3) is 2.47. The van der Waals surface area contributed by atoms with Crippen LogP contribution in [0.25, 0.3) is 0 Å². The summed E-state index contributed by atoms with van der Waals surface area (Å²) in [6.07, 6.45) is 6.95. The summed E-state index contributed by atoms with van der Waals surface area (Å²) in [6.45, 7) is 0. The molecule has 18 heavy (non-hydrogen) atoms. The molecule has 5 heteroatoms. The van der Waals surface area contributed by atoms with Crippen molar-refractivity contribution in [2.75, 3.05) is 0 Å². The van der Waals surface area contributed by atoms with E-state index in [1.807, 2.05) is 0 Å². The number of nitrogens with zero attached hydrogens (tertiary/aromatic N) is 1. The highest BCUT2D eigenvalue weighted by atomic mass is 16.2. The van der Waals surface area contributed by atoms with E-state index in [9.17, 15) is 9.59 Å². The maximum atomic E-state index is 11.9. The molecule has 0 atom stereocenters. The molecule has 2 aliphatic carbocycles. The van der Waals surface area contributed by atoms with Crippen molar-refractivity contribution in [2.45, 2.75) is 50.5 Å². The molecule has 0 spiro atoms. The van der Waals surface area contributed by atoms with Gasteiger partial charge in [0.2, 0.25) is 11.8 Å². The Morgan fingerprint density at radius 3 is 2.22 bits per heavy atom. The minimum atomic E-state index is -0.812. The molecule has 0 aromatic heterocycles. The van der Waals surface area contributed by atoms with Crippen LogP contribution in [0.2, 0.25) is 0 Å². The molecule has 2 aliphatic rings. The van der Waals surface area contributed by atoms with E-state index in [2.05, 4.69) is 11.4 Å². The number of hydrogen-bond acceptors (Lipinski definition) is 3. The fraction of sp³-hybridized carbons (Fsp3) is 0.692. The Balaban J connectivity index is 1.99. The predicted molar refractivity (Wildman–Crippen MR) is 64.7 cm³/mol. The van der Waals surface area contributed by atoms with Crippen LogP contribution in [0.15, 0.2) is 0 Å². The van der Waals surface area contributed by atoms with E-state index in [0.29, 0.717) is 25.7 Å². The molecule has 3 N–H and O–H groups in total. The molecule has 2 fully saturated rings. The highest BCUT2D eigenvalue weighted by molar-refractivity contribution is 5.95. The molecule has 0 aliphatic heterocycles. The van der Waals surface area contributed by atoms with Crippen LogP contribution in [0, 0.1) is 23.2 Å². The normalized spacial score (nSPS) is 23.7. The van der Waals surface area contributed by atoms with Crippen LogP contribution in [0.4, 0.5) is 0 Å². The molecular weight excluding hydrogens is 230 g/mol. The van der Waals surface area contributed by atoms with E-state index in [1.165, 1.54) is 6.42 Å². The maximum Gasteiger partial charge on any atom is 0.226 e. The molecular formula is C13H18N3O2. The van der Waals surface area contributed by atoms with Gasteiger partial charge in [0.1, 0.15) is 5.54 Å². The number of carbonyl (C=O) groups excluding carboxylic acids is 2. The standard InChI is InChI=1S/C13H18N3O2/c14-9-13(6-7-13)16-10(17)8-12(11(15)18)4-2-1-3-5-12/h8H,1-7H2,(H2,15,18)(H,16,17). The minimum Gasteiger partial charge on any atom is -0.369 e. The summed E-state index contributed by atoms with van der Waals surface area (Å²) in [7, 11) is 0. The van der Waals surface area contributed by atoms with Gasteiger partial charge in [0.15, 0.2) is 0 Å². The summed E-state index contributed by atoms with van der Waals surface area (Å²) in [4.78, 5) is 23.5. The van der Waals surface area contributed by atoms with Crippen LogP contribution in [-0.2, 0) is 9.59 Å². The van der Waals surface area contributed by atoms with E-state index < -0.39 is 16.9 Å². The van der Waals surface area contributed by atoms with Gasteiger partial charge >= 0.3 is 0 Å². The lowest BCUT2D eigenvalue weighted by Gasteiger charge is -2.33. The number of amides is 2. The number of primary amides is 1. The predicted octanol–water partition coefficient (Wildman–Crippen LogP) is 0.799. The minimum absolute atomic E-state index is 0.338. The largest absolute Gasteiger partial charge is 0.369 e. The third-order valence-electron chi connectivity index (χ3n) is 3.97. The van der Waals surface area contributed by atoms with Crippen molar-refractivity contribution in [1.82, 2.24) is 5.32 Å². The monoisotopic (exact) mass is 248 g/mol. The van der Waals surface area contributed by atoms with Gasteiger partial charge in [-0.15, -0.1) is 0 Å². The Bertz CT molecular complexity index is 401. The molecule has 2 saturated carbocycles. The lowest BCUT2D eigenvalue weighted by Crippen LogP contribution is -2.45. The lowest BCUT2D eigenvalue weighted by atomic mass is 9.71. The second-order valence-corrected chi connectivity index (χ2v) is 5.41. The molecule has 2 amide bonds. The van der Waals surface area contributed by atoms with E-state index in [4.69, 9.17) is 11.0 Å². The van der Waals surface area contributed by atoms with Gasteiger partial charge in [0.25, 0.3) is 0 Å². The molecule has 0 unspecified atom stereocenters. The first-order valence-corrected chi connectivity index (χ1v) is 6.41. The average Bonchev–Trinajstić information content (AvgIpc) is 3.10. The molecule has 2 rings (SSSR count). The Morgan fingerprint density at radius 1 is 1.17 bits per heavy atom. The summed E-state index contributed by atoms with van der Waals surface area (Å²) in [5.74, 6) is -0.770. The number of rotatable bonds is 4. The van der Waals surface area contributed by atoms with Crippen LogP contribution in [-0.4, -0.2) is 17.4 Å². The maximum absolute atomic E-state index is 11.9. The summed E-state index contributed by atoms with van der Waals surface area (Å²) >= 11 is 0. The molecule has 0 aromatic rings. The van der Waals surface area contributed by atoms with Crippen LogP contribution >= 0.6 is 0 Å². The zero-order chi connectivity index (χ0) is 13.2. The van der Waals surface area contributed by atoms with Crippen molar-refractivity contribution < 1.29 is 9.59 Å². The highest BCUT2D eigenvalue weighted by Gasteiger charge is 2.47. The molecule has 0 heterocycles. The molecule has 0 aromatic carbocycles. The first-order valence-electron chi connectivity index (χ1n) is 6.41. The van der Waals surface area contributed by atoms with Crippen molar-refractivity contribution in [3.05, 3.63) is 6.42 Å². The fourth-order valence-electron chi connectivity index (χ4n) is 2.56. The first-order chi connectivity index (χ1) is 8.52. The Kier molecular flexibility index (Phi) is 3.29. The van der Waals surface area contributed by atoms with Gasteiger partial charge in [-0.2, -0.15) is 5.26 Å². The molecule has 0 saturated heterocycles. The number of carbonyl (C=O) groups is 2. The molecule has 97 valence electrons. The zero-order valence-corrected chi connectivity index (χ0v) is 10.4. The van der Waals surface area contributed by atoms with Crippen molar-refractivity contribution in [1.29, 1.82) is 5.26 Å². The first kappa shape index (κ1) is 12.9. The van der Waals surface area contributed by atoms with Crippen molar-refractivity contribution >= 4 is 11.8 Å². The summed E-state index contributed by atoms with van der Waals surface area (Å²) in [5.41, 5.74) is 3.94. The quantitative estimate of drug-likeness (QED) is 0.770. The Morgan fingerprint density at radius 2 is 1.78 bits per heavy atom. The number of nitriles is 1. The summed E-state index contributed by atoms with van der Waals surface area (Å²) in [5, 5.41) is 11.6. The number of hydrogen-bond donors (Lipinski definition) is 2. The van der Waals surface area contributed by atoms with E-state index >= 15 is 0 Å². The highest BCUT2D eigenvalue weighted by Crippen LogP contribution is 2.40. The SMILES string of the molecule is N#CC1(NC(=O)[CH]C2(C(N)=O)CCCCC2)CC1. The van der Waals surface area contributed by atoms with Crippen LogP contribution in [0.5, 0.6) is 0 Å². The number of nitrogens with one attached hydrogen (secondary N) is 1. The van der Waals surface area contributed by atoms with Crippen LogP contribution < -0.4 is 11.1 Å². The van der Waals surface area contributed by atoms with E-state index in [0.717, 1.165) is 19.3 Å². The average molecular weight is 248 g/mol. The van der Waals surface area contributed by atoms with Crippen LogP contribution in [0.3, 0.4) is 0 Å². The van der Waals surface area contributed by atoms with Gasteiger partial charge in [-0.3, -0.25) is 9.59 Å². The van der Waals surface area contributed by atoms with Gasteiger partial charge in [0, 0.05) is 0 Å². The number of nitrogens with two attached hydrogens (primary N) is 1. The third-order valence-corrected chi connectivity index (χ3v) is 3.97. The van der Waals surface area contributed by atoms with Crippen molar-refractivity contribution in [3.8, 4) is 6.07 Å². The van der Waals surface area contributed by atoms with Crippen molar-refractivity contribution in [2.24, 2.45) is 11.1 Å². The summed E-state index contributed by atoms with van der Waals surface area (Å²) < 4.78 is 0. The van der Waals surface area contributed by atoms with E-state index in [-0.39, 0.29) is 5.91 Å². The lowest BCUT2D eigenvalue weighted by molar-refractivity contribution is -0.131. The molecule has 5 nitrogen and oxygen atoms in total. The van der Waals surface area contributed by atoms with Crippen molar-refractivity contribution in [3.63, 3.8) is 0 Å². The second kappa shape index (κ2) is 4.60. The van der Waals surface area contributed by atoms with Gasteiger partial charge in [-0.25, -0.2) is 0 Å². The van der Waals surface area contributed by atoms with E-state index in [1.54, 1.807) is 0 Å².